The van der Waals surface area contributed by atoms with Gasteiger partial charge in [0.05, 0.1) is 5.52 Å². The standard InChI is InChI=1S/C19H20N2/c1-4-5-16-10-17(15-8-6-13(2)7-9-15)11-18-14(3)20-12-21-19(16)18/h6-12H,4-5H2,1-3H3. The van der Waals surface area contributed by atoms with Gasteiger partial charge in [-0.3, -0.25) is 0 Å². The summed E-state index contributed by atoms with van der Waals surface area (Å²) in [4.78, 5) is 8.84. The lowest BCUT2D eigenvalue weighted by Gasteiger charge is -2.11. The Morgan fingerprint density at radius 3 is 2.38 bits per heavy atom. The van der Waals surface area contributed by atoms with E-state index in [2.05, 4.69) is 67.1 Å². The molecule has 0 saturated carbocycles. The third kappa shape index (κ3) is 2.66. The largest absolute Gasteiger partial charge is 0.241 e. The molecule has 106 valence electrons. The van der Waals surface area contributed by atoms with Gasteiger partial charge in [0.25, 0.3) is 0 Å². The van der Waals surface area contributed by atoms with Crippen molar-refractivity contribution in [1.82, 2.24) is 9.97 Å². The van der Waals surface area contributed by atoms with Gasteiger partial charge in [-0.1, -0.05) is 43.2 Å². The Hall–Kier alpha value is -2.22. The van der Waals surface area contributed by atoms with Crippen LogP contribution in [0.15, 0.2) is 42.7 Å². The number of nitrogens with zero attached hydrogens (tertiary/aromatic N) is 2. The smallest absolute Gasteiger partial charge is 0.116 e. The van der Waals surface area contributed by atoms with Crippen molar-refractivity contribution in [3.63, 3.8) is 0 Å². The Bertz CT molecular complexity index is 773. The average Bonchev–Trinajstić information content (AvgIpc) is 2.49. The average molecular weight is 276 g/mol. The van der Waals surface area contributed by atoms with E-state index in [0.29, 0.717) is 0 Å². The van der Waals surface area contributed by atoms with Gasteiger partial charge in [0.2, 0.25) is 0 Å². The van der Waals surface area contributed by atoms with Crippen molar-refractivity contribution in [2.45, 2.75) is 33.6 Å². The summed E-state index contributed by atoms with van der Waals surface area (Å²) in [6.45, 7) is 6.38. The Morgan fingerprint density at radius 1 is 0.905 bits per heavy atom. The van der Waals surface area contributed by atoms with Gasteiger partial charge in [-0.05, 0) is 49.1 Å². The highest BCUT2D eigenvalue weighted by Gasteiger charge is 2.09. The van der Waals surface area contributed by atoms with Gasteiger partial charge in [0, 0.05) is 11.1 Å². The summed E-state index contributed by atoms with van der Waals surface area (Å²) in [5, 5.41) is 1.17. The van der Waals surface area contributed by atoms with E-state index in [4.69, 9.17) is 0 Å². The molecule has 2 nitrogen and oxygen atoms in total. The Labute approximate surface area is 125 Å². The second-order valence-corrected chi connectivity index (χ2v) is 5.61. The SMILES string of the molecule is CCCc1cc(-c2ccc(C)cc2)cc2c(C)ncnc12. The first-order valence-electron chi connectivity index (χ1n) is 7.50. The summed E-state index contributed by atoms with van der Waals surface area (Å²) in [5.74, 6) is 0. The Morgan fingerprint density at radius 2 is 1.67 bits per heavy atom. The van der Waals surface area contributed by atoms with Crippen LogP contribution in [-0.4, -0.2) is 9.97 Å². The van der Waals surface area contributed by atoms with Crippen molar-refractivity contribution in [2.24, 2.45) is 0 Å². The van der Waals surface area contributed by atoms with Crippen LogP contribution in [0.2, 0.25) is 0 Å². The highest BCUT2D eigenvalue weighted by Crippen LogP contribution is 2.28. The molecule has 0 bridgehead atoms. The molecule has 0 N–H and O–H groups in total. The Kier molecular flexibility index (Phi) is 3.70. The van der Waals surface area contributed by atoms with E-state index in [-0.39, 0.29) is 0 Å². The molecule has 0 aliphatic heterocycles. The molecule has 0 spiro atoms. The molecule has 0 fully saturated rings. The lowest BCUT2D eigenvalue weighted by Crippen LogP contribution is -1.95. The predicted octanol–water partition coefficient (Wildman–Crippen LogP) is 4.87. The van der Waals surface area contributed by atoms with E-state index in [0.717, 1.165) is 24.1 Å². The second kappa shape index (κ2) is 5.65. The van der Waals surface area contributed by atoms with Gasteiger partial charge < -0.3 is 0 Å². The number of hydrogen-bond acceptors (Lipinski definition) is 2. The van der Waals surface area contributed by atoms with E-state index >= 15 is 0 Å². The van der Waals surface area contributed by atoms with Crippen molar-refractivity contribution in [2.75, 3.05) is 0 Å². The maximum absolute atomic E-state index is 4.50. The quantitative estimate of drug-likeness (QED) is 0.682. The zero-order valence-corrected chi connectivity index (χ0v) is 12.9. The van der Waals surface area contributed by atoms with Crippen molar-refractivity contribution in [3.8, 4) is 11.1 Å². The van der Waals surface area contributed by atoms with Gasteiger partial charge in [-0.2, -0.15) is 0 Å². The van der Waals surface area contributed by atoms with Crippen LogP contribution in [0.3, 0.4) is 0 Å². The van der Waals surface area contributed by atoms with Crippen LogP contribution < -0.4 is 0 Å². The zero-order chi connectivity index (χ0) is 14.8. The predicted molar refractivity (Wildman–Crippen MR) is 88.4 cm³/mol. The highest BCUT2D eigenvalue weighted by atomic mass is 14.8. The van der Waals surface area contributed by atoms with Gasteiger partial charge in [0.15, 0.2) is 0 Å². The lowest BCUT2D eigenvalue weighted by atomic mass is 9.96. The van der Waals surface area contributed by atoms with E-state index in [9.17, 15) is 0 Å². The fourth-order valence-corrected chi connectivity index (χ4v) is 2.74. The van der Waals surface area contributed by atoms with Crippen LogP contribution in [-0.2, 0) is 6.42 Å². The van der Waals surface area contributed by atoms with Crippen LogP contribution in [0.5, 0.6) is 0 Å². The molecule has 3 aromatic rings. The number of hydrogen-bond donors (Lipinski definition) is 0. The first-order valence-corrected chi connectivity index (χ1v) is 7.50. The third-order valence-corrected chi connectivity index (χ3v) is 3.92. The first kappa shape index (κ1) is 13.7. The summed E-state index contributed by atoms with van der Waals surface area (Å²) >= 11 is 0. The highest BCUT2D eigenvalue weighted by molar-refractivity contribution is 5.88. The number of benzene rings is 2. The number of aryl methyl sites for hydroxylation is 3. The minimum atomic E-state index is 1.05. The molecular weight excluding hydrogens is 256 g/mol. The Balaban J connectivity index is 2.24. The van der Waals surface area contributed by atoms with Crippen LogP contribution in [0.25, 0.3) is 22.0 Å². The topological polar surface area (TPSA) is 25.8 Å². The monoisotopic (exact) mass is 276 g/mol. The maximum Gasteiger partial charge on any atom is 0.116 e. The van der Waals surface area contributed by atoms with Gasteiger partial charge in [0.1, 0.15) is 6.33 Å². The fraction of sp³-hybridized carbons (Fsp3) is 0.263. The molecule has 0 atom stereocenters. The molecule has 1 heterocycles. The van der Waals surface area contributed by atoms with E-state index in [1.807, 2.05) is 0 Å². The molecule has 21 heavy (non-hydrogen) atoms. The number of aromatic nitrogens is 2. The molecule has 0 unspecified atom stereocenters. The normalized spacial score (nSPS) is 11.0. The first-order chi connectivity index (χ1) is 10.2. The zero-order valence-electron chi connectivity index (χ0n) is 12.9. The fourth-order valence-electron chi connectivity index (χ4n) is 2.74. The van der Waals surface area contributed by atoms with Gasteiger partial charge in [-0.15, -0.1) is 0 Å². The summed E-state index contributed by atoms with van der Waals surface area (Å²) in [7, 11) is 0. The van der Waals surface area contributed by atoms with Crippen LogP contribution >= 0.6 is 0 Å². The van der Waals surface area contributed by atoms with E-state index < -0.39 is 0 Å². The molecule has 0 aliphatic rings. The molecule has 0 saturated heterocycles. The van der Waals surface area contributed by atoms with Crippen LogP contribution in [0, 0.1) is 13.8 Å². The summed E-state index contributed by atoms with van der Waals surface area (Å²) in [5.41, 5.74) is 7.25. The van der Waals surface area contributed by atoms with E-state index in [1.54, 1.807) is 6.33 Å². The molecule has 0 radical (unpaired) electrons. The molecular formula is C19H20N2. The van der Waals surface area contributed by atoms with Crippen molar-refractivity contribution >= 4 is 10.9 Å². The molecule has 2 heteroatoms. The summed E-state index contributed by atoms with van der Waals surface area (Å²) in [6.07, 6.45) is 3.84. The molecule has 0 amide bonds. The van der Waals surface area contributed by atoms with Crippen molar-refractivity contribution in [3.05, 3.63) is 59.5 Å². The van der Waals surface area contributed by atoms with E-state index in [1.165, 1.54) is 27.6 Å². The molecule has 1 aromatic heterocycles. The van der Waals surface area contributed by atoms with Gasteiger partial charge >= 0.3 is 0 Å². The van der Waals surface area contributed by atoms with Gasteiger partial charge in [-0.25, -0.2) is 9.97 Å². The summed E-state index contributed by atoms with van der Waals surface area (Å²) in [6, 6.07) is 13.2. The molecule has 0 aliphatic carbocycles. The molecule has 3 rings (SSSR count). The number of rotatable bonds is 3. The van der Waals surface area contributed by atoms with Crippen molar-refractivity contribution in [1.29, 1.82) is 0 Å². The minimum Gasteiger partial charge on any atom is -0.241 e. The number of fused-ring (bicyclic) bond motifs is 1. The van der Waals surface area contributed by atoms with Crippen molar-refractivity contribution < 1.29 is 0 Å². The van der Waals surface area contributed by atoms with Crippen LogP contribution in [0.1, 0.15) is 30.2 Å². The molecule has 2 aromatic carbocycles. The maximum atomic E-state index is 4.50. The van der Waals surface area contributed by atoms with Crippen LogP contribution in [0.4, 0.5) is 0 Å². The minimum absolute atomic E-state index is 1.05. The third-order valence-electron chi connectivity index (χ3n) is 3.92. The second-order valence-electron chi connectivity index (χ2n) is 5.61. The summed E-state index contributed by atoms with van der Waals surface area (Å²) < 4.78 is 0. The lowest BCUT2D eigenvalue weighted by molar-refractivity contribution is 0.925.